The van der Waals surface area contributed by atoms with Crippen LogP contribution in [0.1, 0.15) is 78.6 Å². The first-order valence-corrected chi connectivity index (χ1v) is 19.0. The highest BCUT2D eigenvalue weighted by molar-refractivity contribution is 5.80. The van der Waals surface area contributed by atoms with Crippen molar-refractivity contribution in [3.05, 3.63) is 12.2 Å². The lowest BCUT2D eigenvalue weighted by Crippen LogP contribution is -2.67. The number of nitrogens with one attached hydrogen (secondary N) is 3. The number of unbranched alkanes of at least 4 members (excludes halogenated alkanes) is 1. The zero-order valence-electron chi connectivity index (χ0n) is 30.1. The number of likely N-dealkylation sites (tertiary alicyclic amines) is 1. The second-order valence-electron chi connectivity index (χ2n) is 15.6. The maximum Gasteiger partial charge on any atom is 0.227 e. The minimum atomic E-state index is -1.05. The van der Waals surface area contributed by atoms with E-state index >= 15 is 4.39 Å². The van der Waals surface area contributed by atoms with Crippen LogP contribution in [0, 0.1) is 23.7 Å². The molecule has 0 bridgehead atoms. The molecule has 0 aromatic heterocycles. The summed E-state index contributed by atoms with van der Waals surface area (Å²) in [6.45, 7) is 15.4. The molecule has 10 nitrogen and oxygen atoms in total. The number of hydrogen-bond donors (Lipinski definition) is 6. The quantitative estimate of drug-likeness (QED) is 0.0958. The molecule has 4 aliphatic rings. The molecule has 47 heavy (non-hydrogen) atoms. The third-order valence-electron chi connectivity index (χ3n) is 11.9. The van der Waals surface area contributed by atoms with Crippen LogP contribution in [-0.2, 0) is 4.79 Å². The van der Waals surface area contributed by atoms with Crippen molar-refractivity contribution in [2.45, 2.75) is 115 Å². The Morgan fingerprint density at radius 2 is 1.79 bits per heavy atom. The molecule has 0 aromatic rings. The molecule has 3 aliphatic heterocycles. The Kier molecular flexibility index (Phi) is 15.4. The minimum absolute atomic E-state index is 0.153. The highest BCUT2D eigenvalue weighted by Crippen LogP contribution is 2.41. The maximum absolute atomic E-state index is 15.6. The molecule has 4 fully saturated rings. The first kappa shape index (κ1) is 38.6. The summed E-state index contributed by atoms with van der Waals surface area (Å²) < 4.78 is 15.6. The number of nitrogens with zero attached hydrogens (tertiary/aromatic N) is 3. The average molecular weight is 664 g/mol. The lowest BCUT2D eigenvalue weighted by Gasteiger charge is -2.46. The van der Waals surface area contributed by atoms with Gasteiger partial charge in [-0.15, -0.1) is 0 Å². The average Bonchev–Trinajstić information content (AvgIpc) is 3.79. The Labute approximate surface area is 285 Å². The molecule has 3 heterocycles. The molecular weight excluding hydrogens is 593 g/mol. The van der Waals surface area contributed by atoms with Crippen molar-refractivity contribution < 1.29 is 9.18 Å². The maximum atomic E-state index is 15.6. The summed E-state index contributed by atoms with van der Waals surface area (Å²) in [7, 11) is 2.19. The van der Waals surface area contributed by atoms with Crippen LogP contribution in [0.3, 0.4) is 0 Å². The number of allylic oxidation sites excluding steroid dienone is 2. The Morgan fingerprint density at radius 1 is 1.09 bits per heavy atom. The summed E-state index contributed by atoms with van der Waals surface area (Å²) in [6.07, 6.45) is 12.8. The fourth-order valence-electron chi connectivity index (χ4n) is 8.20. The number of piperazine rings is 1. The van der Waals surface area contributed by atoms with Crippen LogP contribution in [0.25, 0.3) is 0 Å². The van der Waals surface area contributed by atoms with E-state index in [1.165, 1.54) is 19.3 Å². The summed E-state index contributed by atoms with van der Waals surface area (Å²) in [5.74, 6) is 0.691. The Balaban J connectivity index is 1.30. The van der Waals surface area contributed by atoms with Crippen molar-refractivity contribution in [2.24, 2.45) is 40.9 Å². The van der Waals surface area contributed by atoms with E-state index in [1.54, 1.807) is 0 Å². The van der Waals surface area contributed by atoms with Crippen molar-refractivity contribution in [1.29, 1.82) is 0 Å². The van der Waals surface area contributed by atoms with Gasteiger partial charge in [-0.2, -0.15) is 0 Å². The van der Waals surface area contributed by atoms with Crippen LogP contribution < -0.4 is 33.2 Å². The van der Waals surface area contributed by atoms with Crippen molar-refractivity contribution in [3.63, 3.8) is 0 Å². The predicted molar refractivity (Wildman–Crippen MR) is 192 cm³/mol. The number of likely N-dealkylation sites (N-methyl/N-ethyl adjacent to an activating group) is 1. The smallest absolute Gasteiger partial charge is 0.227 e. The van der Waals surface area contributed by atoms with Gasteiger partial charge in [0.25, 0.3) is 0 Å². The van der Waals surface area contributed by atoms with E-state index in [0.717, 1.165) is 84.3 Å². The highest BCUT2D eigenvalue weighted by Gasteiger charge is 2.46. The molecule has 3 saturated heterocycles. The Morgan fingerprint density at radius 3 is 2.40 bits per heavy atom. The van der Waals surface area contributed by atoms with E-state index in [-0.39, 0.29) is 35.5 Å². The Bertz CT molecular complexity index is 949. The first-order chi connectivity index (χ1) is 22.5. The number of carbonyl (C=O) groups is 1. The minimum Gasteiger partial charge on any atom is -0.350 e. The predicted octanol–water partition coefficient (Wildman–Crippen LogP) is 1.85. The zero-order valence-corrected chi connectivity index (χ0v) is 30.1. The third-order valence-corrected chi connectivity index (χ3v) is 11.9. The topological polar surface area (TPSA) is 141 Å². The van der Waals surface area contributed by atoms with Crippen molar-refractivity contribution in [3.8, 4) is 0 Å². The normalized spacial score (nSPS) is 29.2. The molecule has 7 atom stereocenters. The van der Waals surface area contributed by atoms with Crippen LogP contribution in [0.15, 0.2) is 12.2 Å². The van der Waals surface area contributed by atoms with Gasteiger partial charge in [0, 0.05) is 63.9 Å². The highest BCUT2D eigenvalue weighted by atomic mass is 19.1. The zero-order chi connectivity index (χ0) is 34.0. The Hall–Kier alpha value is -1.18. The summed E-state index contributed by atoms with van der Waals surface area (Å²) in [6, 6.07) is -0.946. The molecule has 1 amide bonds. The van der Waals surface area contributed by atoms with Gasteiger partial charge < -0.3 is 43.0 Å². The van der Waals surface area contributed by atoms with E-state index in [1.807, 2.05) is 6.92 Å². The van der Waals surface area contributed by atoms with Gasteiger partial charge >= 0.3 is 0 Å². The van der Waals surface area contributed by atoms with Gasteiger partial charge in [-0.3, -0.25) is 9.69 Å². The molecule has 1 aliphatic carbocycles. The number of hydrogen-bond acceptors (Lipinski definition) is 9. The molecule has 0 radical (unpaired) electrons. The van der Waals surface area contributed by atoms with Crippen LogP contribution in [0.5, 0.6) is 0 Å². The number of amides is 1. The van der Waals surface area contributed by atoms with Gasteiger partial charge in [-0.25, -0.2) is 4.39 Å². The van der Waals surface area contributed by atoms with Crippen molar-refractivity contribution in [1.82, 2.24) is 30.7 Å². The molecule has 4 rings (SSSR count). The summed E-state index contributed by atoms with van der Waals surface area (Å²) in [4.78, 5) is 21.1. The van der Waals surface area contributed by atoms with E-state index in [0.29, 0.717) is 31.5 Å². The van der Waals surface area contributed by atoms with Crippen molar-refractivity contribution >= 4 is 5.91 Å². The lowest BCUT2D eigenvalue weighted by atomic mass is 9.89. The van der Waals surface area contributed by atoms with E-state index < -0.39 is 18.3 Å². The molecule has 1 saturated carbocycles. The standard InChI is InChI=1S/C36H70FN9O/c1-5-7-9-27(6-2)10-8-11-29(36(40)14-15-36)22-42-26(3)32(34(38)39)35(47)43-31-24-41-23-30(37)33(31)46-16-12-28(13-17-46)25-45-20-18-44(4)19-21-45/h8,10,26-34,41-42H,5-7,9,11-25,38-40H2,1-4H3,(H,43,47). The first-order valence-electron chi connectivity index (χ1n) is 19.0. The fourth-order valence-corrected chi connectivity index (χ4v) is 8.20. The number of alkyl halides is 1. The van der Waals surface area contributed by atoms with E-state index in [2.05, 4.69) is 63.7 Å². The number of carbonyl (C=O) groups excluding carboxylic acids is 1. The molecular formula is C36H70FN9O. The van der Waals surface area contributed by atoms with Gasteiger partial charge in [-0.05, 0) is 89.8 Å². The van der Waals surface area contributed by atoms with Crippen molar-refractivity contribution in [2.75, 3.05) is 72.5 Å². The largest absolute Gasteiger partial charge is 0.350 e. The van der Waals surface area contributed by atoms with Crippen LogP contribution in [-0.4, -0.2) is 129 Å². The van der Waals surface area contributed by atoms with Crippen LogP contribution >= 0.6 is 0 Å². The van der Waals surface area contributed by atoms with Gasteiger partial charge in [0.15, 0.2) is 0 Å². The summed E-state index contributed by atoms with van der Waals surface area (Å²) in [5, 5.41) is 10.0. The second kappa shape index (κ2) is 18.7. The number of halogens is 1. The third kappa shape index (κ3) is 11.4. The number of piperidine rings is 2. The van der Waals surface area contributed by atoms with Crippen LogP contribution in [0.2, 0.25) is 0 Å². The number of nitrogens with two attached hydrogens (primary N) is 3. The SMILES string of the molecule is CCCCC(C=CCC(CNC(C)C(C(=O)NC1CNCC(F)C1N1CCC(CN2CCN(C)CC2)CC1)C(N)N)C1(N)CC1)CC. The summed E-state index contributed by atoms with van der Waals surface area (Å²) >= 11 is 0. The van der Waals surface area contributed by atoms with Crippen LogP contribution in [0.4, 0.5) is 4.39 Å². The fraction of sp³-hybridized carbons (Fsp3) is 0.917. The van der Waals surface area contributed by atoms with Gasteiger partial charge in [-0.1, -0.05) is 38.8 Å². The monoisotopic (exact) mass is 664 g/mol. The van der Waals surface area contributed by atoms with Gasteiger partial charge in [0.05, 0.1) is 24.2 Å². The molecule has 11 heteroatoms. The van der Waals surface area contributed by atoms with Gasteiger partial charge in [0.1, 0.15) is 6.17 Å². The summed E-state index contributed by atoms with van der Waals surface area (Å²) in [5.41, 5.74) is 19.1. The second-order valence-corrected chi connectivity index (χ2v) is 15.6. The molecule has 0 spiro atoms. The van der Waals surface area contributed by atoms with E-state index in [4.69, 9.17) is 17.2 Å². The molecule has 0 aromatic carbocycles. The molecule has 9 N–H and O–H groups in total. The molecule has 272 valence electrons. The lowest BCUT2D eigenvalue weighted by molar-refractivity contribution is -0.128. The number of rotatable bonds is 18. The van der Waals surface area contributed by atoms with E-state index in [9.17, 15) is 4.79 Å². The van der Waals surface area contributed by atoms with Gasteiger partial charge in [0.2, 0.25) is 5.91 Å². The molecule has 7 unspecified atom stereocenters.